The van der Waals surface area contributed by atoms with Crippen LogP contribution in [0.4, 0.5) is 0 Å². The number of carbonyl (C=O) groups is 2. The zero-order valence-electron chi connectivity index (χ0n) is 13.7. The molecule has 1 atom stereocenters. The van der Waals surface area contributed by atoms with E-state index in [1.54, 1.807) is 0 Å². The van der Waals surface area contributed by atoms with Crippen molar-refractivity contribution in [1.82, 2.24) is 0 Å². The van der Waals surface area contributed by atoms with E-state index in [1.807, 2.05) is 24.3 Å². The second kappa shape index (κ2) is 5.74. The summed E-state index contributed by atoms with van der Waals surface area (Å²) in [5.74, 6) is -3.07. The van der Waals surface area contributed by atoms with E-state index >= 15 is 0 Å². The maximum absolute atomic E-state index is 11.8. The Morgan fingerprint density at radius 1 is 0.920 bits per heavy atom. The second-order valence-corrected chi connectivity index (χ2v) is 6.25. The number of ether oxygens (including phenoxy) is 1. The van der Waals surface area contributed by atoms with Crippen molar-refractivity contribution in [3.63, 3.8) is 0 Å². The van der Waals surface area contributed by atoms with Crippen LogP contribution in [-0.4, -0.2) is 17.0 Å². The minimum atomic E-state index is -1.18. The maximum atomic E-state index is 11.8. The van der Waals surface area contributed by atoms with Crippen LogP contribution in [0.25, 0.3) is 32.3 Å². The molecule has 25 heavy (non-hydrogen) atoms. The molecule has 0 heterocycles. The molecule has 0 aromatic heterocycles. The van der Waals surface area contributed by atoms with Crippen molar-refractivity contribution in [2.24, 2.45) is 5.92 Å². The Hall–Kier alpha value is -3.14. The third-order valence-electron chi connectivity index (χ3n) is 4.71. The van der Waals surface area contributed by atoms with Crippen LogP contribution in [0.5, 0.6) is 0 Å². The van der Waals surface area contributed by atoms with Gasteiger partial charge in [-0.25, -0.2) is 0 Å². The first-order chi connectivity index (χ1) is 12.1. The average Bonchev–Trinajstić information content (AvgIpc) is 2.63. The topological polar surface area (TPSA) is 63.6 Å². The van der Waals surface area contributed by atoms with Crippen molar-refractivity contribution in [3.8, 4) is 0 Å². The summed E-state index contributed by atoms with van der Waals surface area (Å²) in [6.07, 6.45) is 0. The molecule has 0 saturated heterocycles. The summed E-state index contributed by atoms with van der Waals surface area (Å²) in [5, 5.41) is 15.8. The molecule has 1 unspecified atom stereocenters. The number of esters is 1. The van der Waals surface area contributed by atoms with E-state index in [9.17, 15) is 9.59 Å². The molecule has 4 aromatic rings. The molecule has 0 aliphatic rings. The van der Waals surface area contributed by atoms with Gasteiger partial charge >= 0.3 is 11.9 Å². The van der Waals surface area contributed by atoms with E-state index in [0.717, 1.165) is 21.7 Å². The highest BCUT2D eigenvalue weighted by atomic mass is 16.5. The largest absolute Gasteiger partial charge is 0.481 e. The number of carboxylic acid groups (broad SMARTS) is 1. The molecule has 0 aliphatic carbocycles. The van der Waals surface area contributed by atoms with Crippen LogP contribution in [0, 0.1) is 5.92 Å². The number of carboxylic acids is 1. The van der Waals surface area contributed by atoms with Gasteiger partial charge in [-0.3, -0.25) is 9.59 Å². The quantitative estimate of drug-likeness (QED) is 0.343. The second-order valence-electron chi connectivity index (χ2n) is 6.25. The lowest BCUT2D eigenvalue weighted by molar-refractivity contribution is -0.158. The van der Waals surface area contributed by atoms with Crippen LogP contribution in [0.2, 0.25) is 0 Å². The van der Waals surface area contributed by atoms with Gasteiger partial charge in [-0.05, 0) is 44.8 Å². The summed E-state index contributed by atoms with van der Waals surface area (Å²) in [5.41, 5.74) is 0.872. The molecule has 124 valence electrons. The predicted octanol–water partition coefficient (Wildman–Crippen LogP) is 4.35. The molecule has 0 aliphatic heterocycles. The molecule has 0 amide bonds. The van der Waals surface area contributed by atoms with Gasteiger partial charge in [0.25, 0.3) is 0 Å². The molecule has 0 radical (unpaired) electrons. The third-order valence-corrected chi connectivity index (χ3v) is 4.71. The van der Waals surface area contributed by atoms with Crippen LogP contribution in [0.15, 0.2) is 54.6 Å². The first-order valence-electron chi connectivity index (χ1n) is 8.11. The van der Waals surface area contributed by atoms with Gasteiger partial charge in [-0.15, -0.1) is 0 Å². The molecule has 4 rings (SSSR count). The van der Waals surface area contributed by atoms with E-state index in [4.69, 9.17) is 9.84 Å². The van der Waals surface area contributed by atoms with Gasteiger partial charge in [-0.2, -0.15) is 0 Å². The lowest BCUT2D eigenvalue weighted by Gasteiger charge is -2.14. The highest BCUT2D eigenvalue weighted by Gasteiger charge is 2.22. The lowest BCUT2D eigenvalue weighted by Crippen LogP contribution is -2.22. The third kappa shape index (κ3) is 2.47. The molecule has 4 nitrogen and oxygen atoms in total. The van der Waals surface area contributed by atoms with Crippen molar-refractivity contribution >= 4 is 44.3 Å². The average molecular weight is 332 g/mol. The van der Waals surface area contributed by atoms with Crippen molar-refractivity contribution < 1.29 is 19.4 Å². The predicted molar refractivity (Wildman–Crippen MR) is 96.7 cm³/mol. The van der Waals surface area contributed by atoms with Gasteiger partial charge in [0.05, 0.1) is 0 Å². The summed E-state index contributed by atoms with van der Waals surface area (Å²) in [7, 11) is 0. The minimum Gasteiger partial charge on any atom is -0.481 e. The Balaban J connectivity index is 1.80. The summed E-state index contributed by atoms with van der Waals surface area (Å²) >= 11 is 0. The van der Waals surface area contributed by atoms with Crippen LogP contribution in [0.3, 0.4) is 0 Å². The Labute approximate surface area is 144 Å². The Kier molecular flexibility index (Phi) is 3.53. The van der Waals surface area contributed by atoms with Crippen LogP contribution in [-0.2, 0) is 20.9 Å². The Bertz CT molecular complexity index is 1100. The van der Waals surface area contributed by atoms with Crippen LogP contribution >= 0.6 is 0 Å². The van der Waals surface area contributed by atoms with E-state index in [1.165, 1.54) is 23.1 Å². The summed E-state index contributed by atoms with van der Waals surface area (Å²) in [6.45, 7) is 1.39. The summed E-state index contributed by atoms with van der Waals surface area (Å²) in [4.78, 5) is 22.7. The zero-order valence-corrected chi connectivity index (χ0v) is 13.7. The van der Waals surface area contributed by atoms with Crippen LogP contribution < -0.4 is 0 Å². The molecule has 0 bridgehead atoms. The fourth-order valence-corrected chi connectivity index (χ4v) is 3.30. The van der Waals surface area contributed by atoms with Crippen molar-refractivity contribution in [2.75, 3.05) is 0 Å². The Morgan fingerprint density at radius 3 is 2.20 bits per heavy atom. The molecular formula is C21H16O4. The molecule has 0 saturated carbocycles. The summed E-state index contributed by atoms with van der Waals surface area (Å²) < 4.78 is 5.22. The minimum absolute atomic E-state index is 0.0601. The highest BCUT2D eigenvalue weighted by Crippen LogP contribution is 2.36. The normalized spacial score (nSPS) is 12.7. The van der Waals surface area contributed by atoms with Gasteiger partial charge in [0.1, 0.15) is 6.61 Å². The van der Waals surface area contributed by atoms with Gasteiger partial charge in [0.15, 0.2) is 5.92 Å². The number of rotatable bonds is 4. The lowest BCUT2D eigenvalue weighted by atomic mass is 9.92. The van der Waals surface area contributed by atoms with Gasteiger partial charge in [0, 0.05) is 0 Å². The van der Waals surface area contributed by atoms with Crippen molar-refractivity contribution in [1.29, 1.82) is 0 Å². The van der Waals surface area contributed by atoms with E-state index in [0.29, 0.717) is 0 Å². The molecular weight excluding hydrogens is 316 g/mol. The number of hydrogen-bond donors (Lipinski definition) is 1. The monoisotopic (exact) mass is 332 g/mol. The fraction of sp³-hybridized carbons (Fsp3) is 0.143. The van der Waals surface area contributed by atoms with Crippen molar-refractivity contribution in [3.05, 3.63) is 60.2 Å². The Morgan fingerprint density at radius 2 is 1.52 bits per heavy atom. The first kappa shape index (κ1) is 15.4. The number of benzene rings is 4. The molecule has 4 heteroatoms. The number of hydrogen-bond acceptors (Lipinski definition) is 3. The maximum Gasteiger partial charge on any atom is 0.320 e. The van der Waals surface area contributed by atoms with Gasteiger partial charge in [0.2, 0.25) is 0 Å². The number of aliphatic carboxylic acids is 1. The zero-order chi connectivity index (χ0) is 17.6. The standard InChI is InChI=1S/C21H16O4/c1-12(20(22)23)21(24)25-11-16-8-7-15-6-5-13-3-2-4-14-9-10-17(16)19(15)18(13)14/h2-10,12H,11H2,1H3,(H,22,23). The smallest absolute Gasteiger partial charge is 0.320 e. The van der Waals surface area contributed by atoms with E-state index in [-0.39, 0.29) is 6.61 Å². The molecule has 0 fully saturated rings. The van der Waals surface area contributed by atoms with Crippen molar-refractivity contribution in [2.45, 2.75) is 13.5 Å². The first-order valence-corrected chi connectivity index (χ1v) is 8.11. The van der Waals surface area contributed by atoms with Gasteiger partial charge in [-0.1, -0.05) is 54.6 Å². The fourth-order valence-electron chi connectivity index (χ4n) is 3.30. The molecule has 4 aromatic carbocycles. The van der Waals surface area contributed by atoms with Gasteiger partial charge < -0.3 is 9.84 Å². The van der Waals surface area contributed by atoms with Crippen LogP contribution in [0.1, 0.15) is 12.5 Å². The summed E-state index contributed by atoms with van der Waals surface area (Å²) in [6, 6.07) is 18.5. The van der Waals surface area contributed by atoms with E-state index < -0.39 is 17.9 Å². The highest BCUT2D eigenvalue weighted by molar-refractivity contribution is 6.23. The molecule has 0 spiro atoms. The van der Waals surface area contributed by atoms with E-state index in [2.05, 4.69) is 30.3 Å². The number of carbonyl (C=O) groups excluding carboxylic acids is 1. The molecule has 1 N–H and O–H groups in total. The SMILES string of the molecule is CC(C(=O)O)C(=O)OCc1ccc2ccc3cccc4ccc1c2c34.